The number of aliphatic hydroxyl groups is 1. The SMILES string of the molecule is Cc1cc2c(=O)n(CCCO)c(C(F)(F)F)nc2[nH]1. The predicted octanol–water partition coefficient (Wildman–Crippen LogP) is 1.43. The summed E-state index contributed by atoms with van der Waals surface area (Å²) in [6.07, 6.45) is -4.67. The van der Waals surface area contributed by atoms with Gasteiger partial charge in [0.2, 0.25) is 5.82 Å². The molecule has 0 atom stereocenters. The van der Waals surface area contributed by atoms with E-state index >= 15 is 0 Å². The summed E-state index contributed by atoms with van der Waals surface area (Å²) >= 11 is 0. The van der Waals surface area contributed by atoms with Gasteiger partial charge in [0.15, 0.2) is 0 Å². The first-order valence-corrected chi connectivity index (χ1v) is 5.63. The molecule has 0 aliphatic heterocycles. The molecule has 2 heterocycles. The fourth-order valence-electron chi connectivity index (χ4n) is 1.89. The molecule has 2 aromatic rings. The highest BCUT2D eigenvalue weighted by molar-refractivity contribution is 5.75. The zero-order valence-corrected chi connectivity index (χ0v) is 10.1. The van der Waals surface area contributed by atoms with Gasteiger partial charge in [-0.3, -0.25) is 9.36 Å². The average molecular weight is 275 g/mol. The molecule has 0 amide bonds. The fourth-order valence-corrected chi connectivity index (χ4v) is 1.89. The molecule has 0 unspecified atom stereocenters. The second-order valence-electron chi connectivity index (χ2n) is 4.18. The molecule has 0 bridgehead atoms. The lowest BCUT2D eigenvalue weighted by atomic mass is 10.3. The van der Waals surface area contributed by atoms with Crippen molar-refractivity contribution in [3.05, 3.63) is 27.9 Å². The summed E-state index contributed by atoms with van der Waals surface area (Å²) in [5, 5.41) is 8.82. The van der Waals surface area contributed by atoms with E-state index in [-0.39, 0.29) is 30.6 Å². The van der Waals surface area contributed by atoms with Crippen LogP contribution in [0.1, 0.15) is 17.9 Å². The second-order valence-corrected chi connectivity index (χ2v) is 4.18. The second kappa shape index (κ2) is 4.69. The minimum Gasteiger partial charge on any atom is -0.396 e. The van der Waals surface area contributed by atoms with Crippen LogP contribution in [0.15, 0.2) is 10.9 Å². The Morgan fingerprint density at radius 2 is 2.16 bits per heavy atom. The van der Waals surface area contributed by atoms with Crippen molar-refractivity contribution >= 4 is 11.0 Å². The van der Waals surface area contributed by atoms with E-state index in [9.17, 15) is 18.0 Å². The largest absolute Gasteiger partial charge is 0.449 e. The van der Waals surface area contributed by atoms with Crippen LogP contribution < -0.4 is 5.56 Å². The number of hydrogen-bond acceptors (Lipinski definition) is 3. The molecule has 5 nitrogen and oxygen atoms in total. The Hall–Kier alpha value is -1.83. The van der Waals surface area contributed by atoms with Crippen LogP contribution in [-0.2, 0) is 12.7 Å². The maximum Gasteiger partial charge on any atom is 0.449 e. The lowest BCUT2D eigenvalue weighted by molar-refractivity contribution is -0.148. The van der Waals surface area contributed by atoms with Gasteiger partial charge < -0.3 is 10.1 Å². The molecule has 0 aliphatic carbocycles. The van der Waals surface area contributed by atoms with E-state index in [2.05, 4.69) is 9.97 Å². The number of nitrogens with one attached hydrogen (secondary N) is 1. The molecular weight excluding hydrogens is 263 g/mol. The molecule has 0 fully saturated rings. The summed E-state index contributed by atoms with van der Waals surface area (Å²) in [7, 11) is 0. The molecule has 0 aromatic carbocycles. The van der Waals surface area contributed by atoms with Crippen molar-refractivity contribution < 1.29 is 18.3 Å². The standard InChI is InChI=1S/C11H12F3N3O2/c1-6-5-7-8(15-6)16-10(11(12,13)14)17(9(7)19)3-2-4-18/h5,15,18H,2-4H2,1H3. The van der Waals surface area contributed by atoms with Crippen molar-refractivity contribution in [1.29, 1.82) is 0 Å². The van der Waals surface area contributed by atoms with Crippen molar-refractivity contribution in [2.75, 3.05) is 6.61 Å². The summed E-state index contributed by atoms with van der Waals surface area (Å²) in [4.78, 5) is 18.1. The third kappa shape index (κ3) is 2.48. The summed E-state index contributed by atoms with van der Waals surface area (Å²) in [5.41, 5.74) is -0.266. The van der Waals surface area contributed by atoms with Crippen LogP contribution >= 0.6 is 0 Å². The van der Waals surface area contributed by atoms with Crippen molar-refractivity contribution in [3.8, 4) is 0 Å². The summed E-state index contributed by atoms with van der Waals surface area (Å²) in [5.74, 6) is -1.25. The van der Waals surface area contributed by atoms with Gasteiger partial charge in [-0.1, -0.05) is 0 Å². The Labute approximate surface area is 105 Å². The molecule has 19 heavy (non-hydrogen) atoms. The smallest absolute Gasteiger partial charge is 0.396 e. The highest BCUT2D eigenvalue weighted by Crippen LogP contribution is 2.28. The van der Waals surface area contributed by atoms with Gasteiger partial charge >= 0.3 is 6.18 Å². The van der Waals surface area contributed by atoms with E-state index in [1.165, 1.54) is 6.07 Å². The molecule has 2 aromatic heterocycles. The lowest BCUT2D eigenvalue weighted by Crippen LogP contribution is -2.30. The molecule has 0 saturated carbocycles. The van der Waals surface area contributed by atoms with Crippen LogP contribution in [0.25, 0.3) is 11.0 Å². The average Bonchev–Trinajstić information content (AvgIpc) is 2.67. The molecular formula is C11H12F3N3O2. The monoisotopic (exact) mass is 275 g/mol. The number of alkyl halides is 3. The fraction of sp³-hybridized carbons (Fsp3) is 0.455. The maximum absolute atomic E-state index is 12.9. The summed E-state index contributed by atoms with van der Waals surface area (Å²) in [6.45, 7) is 1.11. The Morgan fingerprint density at radius 3 is 2.74 bits per heavy atom. The third-order valence-electron chi connectivity index (χ3n) is 2.67. The van der Waals surface area contributed by atoms with Crippen LogP contribution in [0.3, 0.4) is 0 Å². The minimum absolute atomic E-state index is 0.0551. The van der Waals surface area contributed by atoms with Crippen LogP contribution in [0.2, 0.25) is 0 Å². The van der Waals surface area contributed by atoms with Crippen LogP contribution in [0, 0.1) is 6.92 Å². The normalized spacial score (nSPS) is 12.3. The molecule has 0 aliphatic rings. The van der Waals surface area contributed by atoms with E-state index in [4.69, 9.17) is 5.11 Å². The number of aliphatic hydroxyl groups excluding tert-OH is 1. The number of halogens is 3. The molecule has 8 heteroatoms. The number of aromatic nitrogens is 3. The van der Waals surface area contributed by atoms with Gasteiger partial charge in [0.25, 0.3) is 5.56 Å². The minimum atomic E-state index is -4.72. The highest BCUT2D eigenvalue weighted by Gasteiger charge is 2.37. The number of nitrogens with zero attached hydrogens (tertiary/aromatic N) is 2. The van der Waals surface area contributed by atoms with Crippen molar-refractivity contribution in [3.63, 3.8) is 0 Å². The third-order valence-corrected chi connectivity index (χ3v) is 2.67. The Kier molecular flexibility index (Phi) is 3.36. The molecule has 2 rings (SSSR count). The quantitative estimate of drug-likeness (QED) is 0.890. The zero-order valence-electron chi connectivity index (χ0n) is 10.1. The van der Waals surface area contributed by atoms with E-state index in [0.29, 0.717) is 10.3 Å². The van der Waals surface area contributed by atoms with Gasteiger partial charge in [-0.2, -0.15) is 13.2 Å². The first-order valence-electron chi connectivity index (χ1n) is 5.63. The number of rotatable bonds is 3. The first-order chi connectivity index (χ1) is 8.84. The first kappa shape index (κ1) is 13.6. The van der Waals surface area contributed by atoms with E-state index in [1.807, 2.05) is 0 Å². The summed E-state index contributed by atoms with van der Waals surface area (Å²) < 4.78 is 39.2. The zero-order chi connectivity index (χ0) is 14.2. The Balaban J connectivity index is 2.72. The van der Waals surface area contributed by atoms with Gasteiger partial charge in [0.05, 0.1) is 5.39 Å². The number of aryl methyl sites for hydroxylation is 1. The number of aromatic amines is 1. The van der Waals surface area contributed by atoms with Crippen LogP contribution in [0.4, 0.5) is 13.2 Å². The van der Waals surface area contributed by atoms with Crippen molar-refractivity contribution in [2.24, 2.45) is 0 Å². The number of hydrogen-bond donors (Lipinski definition) is 2. The van der Waals surface area contributed by atoms with Crippen LogP contribution in [0.5, 0.6) is 0 Å². The molecule has 104 valence electrons. The van der Waals surface area contributed by atoms with Gasteiger partial charge in [0.1, 0.15) is 5.65 Å². The highest BCUT2D eigenvalue weighted by atomic mass is 19.4. The van der Waals surface area contributed by atoms with Gasteiger partial charge in [-0.25, -0.2) is 4.98 Å². The van der Waals surface area contributed by atoms with Crippen LogP contribution in [-0.4, -0.2) is 26.2 Å². The topological polar surface area (TPSA) is 70.9 Å². The van der Waals surface area contributed by atoms with Crippen molar-refractivity contribution in [2.45, 2.75) is 26.1 Å². The summed E-state index contributed by atoms with van der Waals surface area (Å²) in [6, 6.07) is 1.46. The molecule has 0 spiro atoms. The number of H-pyrrole nitrogens is 1. The molecule has 2 N–H and O–H groups in total. The van der Waals surface area contributed by atoms with Gasteiger partial charge in [-0.15, -0.1) is 0 Å². The molecule has 0 saturated heterocycles. The van der Waals surface area contributed by atoms with E-state index in [1.54, 1.807) is 6.92 Å². The number of fused-ring (bicyclic) bond motifs is 1. The van der Waals surface area contributed by atoms with Gasteiger partial charge in [-0.05, 0) is 19.4 Å². The Morgan fingerprint density at radius 1 is 1.47 bits per heavy atom. The molecule has 0 radical (unpaired) electrons. The Bertz CT molecular complexity index is 657. The van der Waals surface area contributed by atoms with Gasteiger partial charge in [0, 0.05) is 18.8 Å². The lowest BCUT2D eigenvalue weighted by Gasteiger charge is -2.13. The van der Waals surface area contributed by atoms with Crippen molar-refractivity contribution in [1.82, 2.24) is 14.5 Å². The maximum atomic E-state index is 12.9. The van der Waals surface area contributed by atoms with E-state index in [0.717, 1.165) is 0 Å². The predicted molar refractivity (Wildman–Crippen MR) is 61.8 cm³/mol. The van der Waals surface area contributed by atoms with E-state index < -0.39 is 17.6 Å².